The van der Waals surface area contributed by atoms with Gasteiger partial charge < -0.3 is 19.9 Å². The molecule has 1 aliphatic rings. The first-order valence-corrected chi connectivity index (χ1v) is 10.0. The summed E-state index contributed by atoms with van der Waals surface area (Å²) in [4.78, 5) is 12.0. The van der Waals surface area contributed by atoms with Crippen molar-refractivity contribution in [2.75, 3.05) is 5.32 Å². The van der Waals surface area contributed by atoms with Crippen LogP contribution in [-0.2, 0) is 0 Å². The van der Waals surface area contributed by atoms with Crippen LogP contribution in [0.25, 0.3) is 10.8 Å². The van der Waals surface area contributed by atoms with Crippen LogP contribution >= 0.6 is 11.6 Å². The summed E-state index contributed by atoms with van der Waals surface area (Å²) in [6, 6.07) is 7.02. The molecule has 1 heterocycles. The van der Waals surface area contributed by atoms with Crippen molar-refractivity contribution in [2.24, 2.45) is 0 Å². The molecule has 0 radical (unpaired) electrons. The Balaban J connectivity index is 1.95. The molecule has 0 saturated heterocycles. The molecule has 4 rings (SSSR count). The van der Waals surface area contributed by atoms with E-state index in [9.17, 15) is 28.2 Å². The Morgan fingerprint density at radius 3 is 2.65 bits per heavy atom. The van der Waals surface area contributed by atoms with E-state index in [0.29, 0.717) is 5.39 Å². The van der Waals surface area contributed by atoms with E-state index in [2.05, 4.69) is 5.32 Å². The predicted octanol–water partition coefficient (Wildman–Crippen LogP) is 5.50. The van der Waals surface area contributed by atoms with Gasteiger partial charge in [-0.05, 0) is 48.6 Å². The van der Waals surface area contributed by atoms with Gasteiger partial charge in [0.1, 0.15) is 5.75 Å². The van der Waals surface area contributed by atoms with Gasteiger partial charge in [-0.15, -0.1) is 0 Å². The quantitative estimate of drug-likeness (QED) is 0.488. The van der Waals surface area contributed by atoms with Crippen molar-refractivity contribution in [3.8, 4) is 5.75 Å². The molecule has 0 fully saturated rings. The van der Waals surface area contributed by atoms with Crippen LogP contribution in [0.15, 0.2) is 51.9 Å². The Bertz CT molecular complexity index is 1210. The zero-order valence-corrected chi connectivity index (χ0v) is 17.1. The van der Waals surface area contributed by atoms with Crippen LogP contribution in [0.5, 0.6) is 5.75 Å². The summed E-state index contributed by atoms with van der Waals surface area (Å²) >= 11 is 6.03. The fourth-order valence-corrected chi connectivity index (χ4v) is 4.55. The second-order valence-corrected chi connectivity index (χ2v) is 8.09. The Morgan fingerprint density at radius 2 is 1.97 bits per heavy atom. The summed E-state index contributed by atoms with van der Waals surface area (Å²) in [5.74, 6) is -1.04. The molecular formula is C22H19ClF3NO4. The van der Waals surface area contributed by atoms with Gasteiger partial charge in [-0.1, -0.05) is 30.7 Å². The molecule has 0 saturated carbocycles. The van der Waals surface area contributed by atoms with Crippen LogP contribution in [0, 0.1) is 0 Å². The average Bonchev–Trinajstić information content (AvgIpc) is 2.72. The second-order valence-electron chi connectivity index (χ2n) is 7.68. The largest absolute Gasteiger partial charge is 0.506 e. The molecule has 5 nitrogen and oxygen atoms in total. The third-order valence-corrected chi connectivity index (χ3v) is 6.28. The molecule has 164 valence electrons. The van der Waals surface area contributed by atoms with E-state index in [0.717, 1.165) is 6.26 Å². The molecule has 3 aromatic rings. The number of rotatable bonds is 3. The fourth-order valence-electron chi connectivity index (χ4n) is 4.39. The van der Waals surface area contributed by atoms with E-state index in [1.165, 1.54) is 36.4 Å². The van der Waals surface area contributed by atoms with Crippen LogP contribution in [0.1, 0.15) is 42.9 Å². The lowest BCUT2D eigenvalue weighted by molar-refractivity contribution is -0.272. The maximum Gasteiger partial charge on any atom is 0.419 e. The number of aliphatic hydroxyl groups is 1. The van der Waals surface area contributed by atoms with Crippen LogP contribution in [0.2, 0.25) is 5.02 Å². The van der Waals surface area contributed by atoms with Crippen molar-refractivity contribution in [3.05, 3.63) is 69.2 Å². The highest BCUT2D eigenvalue weighted by Gasteiger charge is 2.62. The van der Waals surface area contributed by atoms with Gasteiger partial charge in [-0.2, -0.15) is 13.2 Å². The zero-order valence-electron chi connectivity index (χ0n) is 16.3. The SMILES string of the molecule is CC[C@@H]1C[C@@](O)(C(F)(F)F)[C@H](Nc2cccc3c(=O)occc23)c2ccc(Cl)c(O)c21. The van der Waals surface area contributed by atoms with Crippen LogP contribution in [0.3, 0.4) is 0 Å². The van der Waals surface area contributed by atoms with Gasteiger partial charge in [-0.25, -0.2) is 4.79 Å². The maximum absolute atomic E-state index is 14.2. The van der Waals surface area contributed by atoms with Gasteiger partial charge >= 0.3 is 11.8 Å². The number of phenols is 1. The van der Waals surface area contributed by atoms with Gasteiger partial charge in [0.25, 0.3) is 0 Å². The molecule has 1 aliphatic carbocycles. The first-order chi connectivity index (χ1) is 14.6. The molecule has 1 aromatic heterocycles. The number of hydrogen-bond acceptors (Lipinski definition) is 5. The van der Waals surface area contributed by atoms with Crippen molar-refractivity contribution in [1.29, 1.82) is 0 Å². The number of aromatic hydroxyl groups is 1. The lowest BCUT2D eigenvalue weighted by Gasteiger charge is -2.46. The number of halogens is 4. The number of fused-ring (bicyclic) bond motifs is 2. The molecule has 31 heavy (non-hydrogen) atoms. The van der Waals surface area contributed by atoms with Crippen molar-refractivity contribution in [3.63, 3.8) is 0 Å². The third-order valence-electron chi connectivity index (χ3n) is 5.98. The molecular weight excluding hydrogens is 435 g/mol. The standard InChI is InChI=1S/C22H19ClF3NO4/c1-2-11-10-21(30,22(24,25)26)19(14-6-7-15(23)18(28)17(11)14)27-16-5-3-4-13-12(16)8-9-31-20(13)29/h3-9,11,19,27-28,30H,2,10H2,1H3/t11-,19-,21+/m1/s1. The summed E-state index contributed by atoms with van der Waals surface area (Å²) < 4.78 is 47.4. The molecule has 0 spiro atoms. The number of nitrogens with one attached hydrogen (secondary N) is 1. The smallest absolute Gasteiger partial charge is 0.419 e. The van der Waals surface area contributed by atoms with Crippen molar-refractivity contribution < 1.29 is 27.8 Å². The number of hydrogen-bond donors (Lipinski definition) is 3. The Hall–Kier alpha value is -2.71. The molecule has 2 aromatic carbocycles. The first kappa shape index (κ1) is 21.5. The van der Waals surface area contributed by atoms with E-state index in [1.807, 2.05) is 0 Å². The summed E-state index contributed by atoms with van der Waals surface area (Å²) in [7, 11) is 0. The van der Waals surface area contributed by atoms with Crippen molar-refractivity contribution >= 4 is 28.1 Å². The van der Waals surface area contributed by atoms with Gasteiger partial charge in [-0.3, -0.25) is 0 Å². The molecule has 0 unspecified atom stereocenters. The third kappa shape index (κ3) is 3.34. The summed E-state index contributed by atoms with van der Waals surface area (Å²) in [6.07, 6.45) is -4.20. The maximum atomic E-state index is 14.2. The number of benzene rings is 2. The van der Waals surface area contributed by atoms with Crippen LogP contribution in [-0.4, -0.2) is 22.0 Å². The highest BCUT2D eigenvalue weighted by atomic mass is 35.5. The van der Waals surface area contributed by atoms with Crippen LogP contribution in [0.4, 0.5) is 18.9 Å². The number of alkyl halides is 3. The Morgan fingerprint density at radius 1 is 1.23 bits per heavy atom. The van der Waals surface area contributed by atoms with Gasteiger partial charge in [0, 0.05) is 16.6 Å². The van der Waals surface area contributed by atoms with Crippen LogP contribution < -0.4 is 10.9 Å². The Labute approximate surface area is 180 Å². The van der Waals surface area contributed by atoms with E-state index >= 15 is 0 Å². The van der Waals surface area contributed by atoms with E-state index in [-0.39, 0.29) is 39.4 Å². The lowest BCUT2D eigenvalue weighted by atomic mass is 9.69. The highest BCUT2D eigenvalue weighted by Crippen LogP contribution is 2.56. The van der Waals surface area contributed by atoms with Crippen molar-refractivity contribution in [2.45, 2.75) is 43.5 Å². The molecule has 3 atom stereocenters. The molecule has 0 bridgehead atoms. The van der Waals surface area contributed by atoms with Gasteiger partial charge in [0.2, 0.25) is 0 Å². The molecule has 0 aliphatic heterocycles. The topological polar surface area (TPSA) is 82.7 Å². The molecule has 3 N–H and O–H groups in total. The minimum Gasteiger partial charge on any atom is -0.506 e. The normalized spacial score (nSPS) is 23.5. The Kier molecular flexibility index (Phi) is 5.18. The number of phenolic OH excluding ortho intramolecular Hbond substituents is 1. The van der Waals surface area contributed by atoms with E-state index in [1.54, 1.807) is 6.92 Å². The van der Waals surface area contributed by atoms with E-state index in [4.69, 9.17) is 16.0 Å². The minimum atomic E-state index is -4.96. The second kappa shape index (κ2) is 7.46. The predicted molar refractivity (Wildman–Crippen MR) is 111 cm³/mol. The molecule has 9 heteroatoms. The number of anilines is 1. The lowest BCUT2D eigenvalue weighted by Crippen LogP contribution is -2.55. The van der Waals surface area contributed by atoms with E-state index < -0.39 is 35.8 Å². The summed E-state index contributed by atoms with van der Waals surface area (Å²) in [5, 5.41) is 24.9. The minimum absolute atomic E-state index is 0.0242. The first-order valence-electron chi connectivity index (χ1n) is 9.66. The monoisotopic (exact) mass is 453 g/mol. The fraction of sp³-hybridized carbons (Fsp3) is 0.318. The highest BCUT2D eigenvalue weighted by molar-refractivity contribution is 6.32. The summed E-state index contributed by atoms with van der Waals surface area (Å²) in [6.45, 7) is 1.68. The summed E-state index contributed by atoms with van der Waals surface area (Å²) in [5.41, 5.74) is -3.16. The van der Waals surface area contributed by atoms with Gasteiger partial charge in [0.05, 0.1) is 22.7 Å². The molecule has 0 amide bonds. The van der Waals surface area contributed by atoms with Gasteiger partial charge in [0.15, 0.2) is 5.60 Å². The zero-order chi connectivity index (χ0) is 22.6. The average molecular weight is 454 g/mol. The van der Waals surface area contributed by atoms with Crippen molar-refractivity contribution in [1.82, 2.24) is 0 Å².